The maximum atomic E-state index is 12.9. The van der Waals surface area contributed by atoms with E-state index in [4.69, 9.17) is 0 Å². The van der Waals surface area contributed by atoms with Crippen LogP contribution < -0.4 is 5.32 Å². The van der Waals surface area contributed by atoms with Gasteiger partial charge in [-0.3, -0.25) is 9.69 Å². The molecule has 1 aromatic rings. The molecule has 1 amide bonds. The second kappa shape index (κ2) is 8.29. The van der Waals surface area contributed by atoms with Crippen LogP contribution in [0.4, 0.5) is 0 Å². The molecule has 0 spiro atoms. The fraction of sp³-hybridized carbons (Fsp3) is 0.650. The number of nitrogens with zero attached hydrogens (tertiary/aromatic N) is 2. The van der Waals surface area contributed by atoms with E-state index in [1.807, 2.05) is 17.0 Å². The molecule has 27 heavy (non-hydrogen) atoms. The fourth-order valence-electron chi connectivity index (χ4n) is 3.52. The minimum atomic E-state index is -3.47. The Morgan fingerprint density at radius 3 is 2.19 bits per heavy atom. The Labute approximate surface area is 163 Å². The summed E-state index contributed by atoms with van der Waals surface area (Å²) in [5, 5.41) is 3.06. The largest absolute Gasteiger partial charge is 0.352 e. The van der Waals surface area contributed by atoms with Gasteiger partial charge in [-0.1, -0.05) is 26.0 Å². The molecule has 0 bridgehead atoms. The molecular formula is C20H31N3O3S. The van der Waals surface area contributed by atoms with E-state index in [9.17, 15) is 13.2 Å². The van der Waals surface area contributed by atoms with Crippen molar-refractivity contribution in [1.29, 1.82) is 0 Å². The smallest absolute Gasteiger partial charge is 0.243 e. The highest BCUT2D eigenvalue weighted by atomic mass is 32.2. The summed E-state index contributed by atoms with van der Waals surface area (Å²) in [6.07, 6.45) is 2.41. The van der Waals surface area contributed by atoms with Gasteiger partial charge in [0.2, 0.25) is 15.9 Å². The van der Waals surface area contributed by atoms with Crippen LogP contribution in [0, 0.1) is 5.92 Å². The maximum Gasteiger partial charge on any atom is 0.243 e. The molecule has 150 valence electrons. The average Bonchev–Trinajstić information content (AvgIpc) is 3.47. The molecule has 1 saturated heterocycles. The summed E-state index contributed by atoms with van der Waals surface area (Å²) in [4.78, 5) is 14.5. The molecule has 1 aromatic carbocycles. The van der Waals surface area contributed by atoms with Gasteiger partial charge in [0.05, 0.1) is 11.4 Å². The number of sulfonamides is 1. The van der Waals surface area contributed by atoms with Gasteiger partial charge >= 0.3 is 0 Å². The molecule has 1 aliphatic heterocycles. The van der Waals surface area contributed by atoms with Crippen LogP contribution >= 0.6 is 0 Å². The van der Waals surface area contributed by atoms with E-state index >= 15 is 0 Å². The van der Waals surface area contributed by atoms with Crippen LogP contribution in [0.3, 0.4) is 0 Å². The Bertz CT molecular complexity index is 749. The summed E-state index contributed by atoms with van der Waals surface area (Å²) in [5.41, 5.74) is 1.13. The van der Waals surface area contributed by atoms with Crippen LogP contribution in [0.2, 0.25) is 0 Å². The van der Waals surface area contributed by atoms with Crippen molar-refractivity contribution in [2.75, 3.05) is 32.7 Å². The zero-order chi connectivity index (χ0) is 19.6. The lowest BCUT2D eigenvalue weighted by Gasteiger charge is -2.33. The van der Waals surface area contributed by atoms with E-state index in [1.54, 1.807) is 12.1 Å². The first-order valence-corrected chi connectivity index (χ1v) is 11.3. The van der Waals surface area contributed by atoms with Gasteiger partial charge in [0.1, 0.15) is 0 Å². The topological polar surface area (TPSA) is 69.7 Å². The first-order chi connectivity index (χ1) is 12.8. The third-order valence-electron chi connectivity index (χ3n) is 5.60. The Morgan fingerprint density at radius 1 is 1.07 bits per heavy atom. The van der Waals surface area contributed by atoms with Crippen molar-refractivity contribution < 1.29 is 13.2 Å². The molecule has 2 aliphatic rings. The Balaban J connectivity index is 1.52. The summed E-state index contributed by atoms with van der Waals surface area (Å²) in [5.74, 6) is 1.05. The third kappa shape index (κ3) is 5.09. The minimum Gasteiger partial charge on any atom is -0.352 e. The van der Waals surface area contributed by atoms with Crippen molar-refractivity contribution >= 4 is 15.9 Å². The number of carbonyl (C=O) groups excluding carboxylic acids is 1. The highest BCUT2D eigenvalue weighted by Gasteiger charge is 2.31. The van der Waals surface area contributed by atoms with Crippen LogP contribution in [0.1, 0.15) is 45.1 Å². The highest BCUT2D eigenvalue weighted by molar-refractivity contribution is 7.89. The van der Waals surface area contributed by atoms with Crippen molar-refractivity contribution in [3.63, 3.8) is 0 Å². The summed E-state index contributed by atoms with van der Waals surface area (Å²) < 4.78 is 27.2. The van der Waals surface area contributed by atoms with Crippen molar-refractivity contribution in [3.8, 4) is 0 Å². The maximum absolute atomic E-state index is 12.9. The van der Waals surface area contributed by atoms with E-state index in [-0.39, 0.29) is 11.9 Å². The van der Waals surface area contributed by atoms with Gasteiger partial charge in [-0.15, -0.1) is 0 Å². The predicted molar refractivity (Wildman–Crippen MR) is 106 cm³/mol. The van der Waals surface area contributed by atoms with Crippen LogP contribution in [-0.4, -0.2) is 62.3 Å². The molecule has 0 radical (unpaired) electrons. The van der Waals surface area contributed by atoms with Gasteiger partial charge in [-0.25, -0.2) is 8.42 Å². The van der Waals surface area contributed by atoms with E-state index in [0.717, 1.165) is 5.56 Å². The SMILES string of the molecule is CC(C)c1ccc(S(=O)(=O)N2CCN(CC(=O)N[C@H](C)C3CC3)CC2)cc1. The predicted octanol–water partition coefficient (Wildman–Crippen LogP) is 2.03. The highest BCUT2D eigenvalue weighted by Crippen LogP contribution is 2.32. The summed E-state index contributed by atoms with van der Waals surface area (Å²) >= 11 is 0. The number of benzene rings is 1. The zero-order valence-electron chi connectivity index (χ0n) is 16.5. The van der Waals surface area contributed by atoms with E-state index < -0.39 is 10.0 Å². The molecule has 1 aliphatic carbocycles. The molecular weight excluding hydrogens is 362 g/mol. The molecule has 7 heteroatoms. The Morgan fingerprint density at radius 2 is 1.67 bits per heavy atom. The molecule has 0 aromatic heterocycles. The fourth-order valence-corrected chi connectivity index (χ4v) is 4.94. The first kappa shape index (κ1) is 20.3. The molecule has 1 saturated carbocycles. The minimum absolute atomic E-state index is 0.0370. The summed E-state index contributed by atoms with van der Waals surface area (Å²) in [6, 6.07) is 7.42. The molecule has 0 unspecified atom stereocenters. The standard InChI is InChI=1S/C20H31N3O3S/c1-15(2)17-6-8-19(9-7-17)27(25,26)23-12-10-22(11-13-23)14-20(24)21-16(3)18-4-5-18/h6-9,15-16,18H,4-5,10-14H2,1-3H3,(H,21,24)/t16-/m1/s1. The monoisotopic (exact) mass is 393 g/mol. The van der Waals surface area contributed by atoms with Gasteiger partial charge in [-0.05, 0) is 49.3 Å². The normalized spacial score (nSPS) is 20.6. The molecule has 1 heterocycles. The molecule has 1 atom stereocenters. The number of nitrogens with one attached hydrogen (secondary N) is 1. The third-order valence-corrected chi connectivity index (χ3v) is 7.51. The molecule has 6 nitrogen and oxygen atoms in total. The molecule has 1 N–H and O–H groups in total. The first-order valence-electron chi connectivity index (χ1n) is 9.89. The lowest BCUT2D eigenvalue weighted by atomic mass is 10.0. The van der Waals surface area contributed by atoms with Gasteiger partial charge in [0.15, 0.2) is 0 Å². The number of rotatable bonds is 7. The second-order valence-corrected chi connectivity index (χ2v) is 10.0. The quantitative estimate of drug-likeness (QED) is 0.770. The number of piperazine rings is 1. The average molecular weight is 394 g/mol. The van der Waals surface area contributed by atoms with E-state index in [1.165, 1.54) is 17.1 Å². The zero-order valence-corrected chi connectivity index (χ0v) is 17.3. The molecule has 3 rings (SSSR count). The summed E-state index contributed by atoms with van der Waals surface area (Å²) in [6.45, 7) is 8.57. The second-order valence-electron chi connectivity index (χ2n) is 8.10. The van der Waals surface area contributed by atoms with Crippen LogP contribution in [0.25, 0.3) is 0 Å². The van der Waals surface area contributed by atoms with Crippen molar-refractivity contribution in [1.82, 2.24) is 14.5 Å². The summed E-state index contributed by atoms with van der Waals surface area (Å²) in [7, 11) is -3.47. The van der Waals surface area contributed by atoms with Gasteiger partial charge in [0.25, 0.3) is 0 Å². The van der Waals surface area contributed by atoms with E-state index in [2.05, 4.69) is 26.1 Å². The lowest BCUT2D eigenvalue weighted by molar-refractivity contribution is -0.123. The van der Waals surface area contributed by atoms with Crippen molar-refractivity contribution in [3.05, 3.63) is 29.8 Å². The van der Waals surface area contributed by atoms with Gasteiger partial charge < -0.3 is 5.32 Å². The lowest BCUT2D eigenvalue weighted by Crippen LogP contribution is -2.51. The van der Waals surface area contributed by atoms with Crippen molar-refractivity contribution in [2.45, 2.75) is 50.5 Å². The molecule has 2 fully saturated rings. The number of hydrogen-bond acceptors (Lipinski definition) is 4. The van der Waals surface area contributed by atoms with E-state index in [0.29, 0.717) is 49.5 Å². The van der Waals surface area contributed by atoms with Crippen LogP contribution in [-0.2, 0) is 14.8 Å². The number of hydrogen-bond donors (Lipinski definition) is 1. The Kier molecular flexibility index (Phi) is 6.23. The van der Waals surface area contributed by atoms with Crippen LogP contribution in [0.5, 0.6) is 0 Å². The van der Waals surface area contributed by atoms with Crippen LogP contribution in [0.15, 0.2) is 29.2 Å². The Hall–Kier alpha value is -1.44. The number of carbonyl (C=O) groups is 1. The van der Waals surface area contributed by atoms with Gasteiger partial charge in [-0.2, -0.15) is 4.31 Å². The van der Waals surface area contributed by atoms with Gasteiger partial charge in [0, 0.05) is 32.2 Å². The number of amides is 1. The van der Waals surface area contributed by atoms with Crippen molar-refractivity contribution in [2.24, 2.45) is 5.92 Å².